The Labute approximate surface area is 80.7 Å². The molecule has 2 aliphatic heterocycles. The first-order valence-electron chi connectivity index (χ1n) is 3.65. The number of aliphatic hydroxyl groups excluding tert-OH is 2. The van der Waals surface area contributed by atoms with Crippen LogP contribution in [-0.4, -0.2) is 39.2 Å². The van der Waals surface area contributed by atoms with E-state index in [0.717, 1.165) is 0 Å². The molecule has 2 heterocycles. The van der Waals surface area contributed by atoms with Crippen molar-refractivity contribution in [1.29, 1.82) is 0 Å². The lowest BCUT2D eigenvalue weighted by Gasteiger charge is -2.12. The molecule has 0 saturated carbocycles. The van der Waals surface area contributed by atoms with Crippen molar-refractivity contribution in [2.24, 2.45) is 0 Å². The van der Waals surface area contributed by atoms with Crippen LogP contribution in [0, 0.1) is 0 Å². The smallest absolute Gasteiger partial charge is 0.377 e. The van der Waals surface area contributed by atoms with E-state index < -0.39 is 41.1 Å². The van der Waals surface area contributed by atoms with E-state index in [0.29, 0.717) is 0 Å². The van der Waals surface area contributed by atoms with Crippen LogP contribution in [0.25, 0.3) is 0 Å². The Morgan fingerprint density at radius 1 is 1.43 bits per heavy atom. The Bertz CT molecular complexity index is 335. The van der Waals surface area contributed by atoms with Gasteiger partial charge in [0.1, 0.15) is 6.10 Å². The highest BCUT2D eigenvalue weighted by Crippen LogP contribution is 2.26. The standard InChI is InChI=1S/C6H6O7S/c7-3-4(8)6(9)12-5(3)2-1-11-14(10)13-2/h2,5,7-8H,1H2. The second-order valence-electron chi connectivity index (χ2n) is 2.68. The van der Waals surface area contributed by atoms with Gasteiger partial charge in [-0.05, 0) is 0 Å². The van der Waals surface area contributed by atoms with Crippen molar-refractivity contribution in [3.05, 3.63) is 11.5 Å². The summed E-state index contributed by atoms with van der Waals surface area (Å²) in [5.41, 5.74) is 0. The van der Waals surface area contributed by atoms with Crippen LogP contribution >= 0.6 is 0 Å². The van der Waals surface area contributed by atoms with Crippen LogP contribution in [0.4, 0.5) is 0 Å². The molecule has 3 atom stereocenters. The summed E-state index contributed by atoms with van der Waals surface area (Å²) in [7, 11) is 0. The highest BCUT2D eigenvalue weighted by atomic mass is 32.2. The topological polar surface area (TPSA) is 102 Å². The summed E-state index contributed by atoms with van der Waals surface area (Å²) in [6.07, 6.45) is -2.00. The van der Waals surface area contributed by atoms with Crippen LogP contribution in [-0.2, 0) is 29.3 Å². The van der Waals surface area contributed by atoms with E-state index in [1.165, 1.54) is 0 Å². The van der Waals surface area contributed by atoms with Gasteiger partial charge in [-0.3, -0.25) is 8.37 Å². The third-order valence-corrected chi connectivity index (χ3v) is 2.54. The molecule has 78 valence electrons. The molecule has 0 aromatic carbocycles. The number of carbonyl (C=O) groups excluding carboxylic acids is 1. The predicted octanol–water partition coefficient (Wildman–Crippen LogP) is -0.766. The average Bonchev–Trinajstić information content (AvgIpc) is 2.66. The predicted molar refractivity (Wildman–Crippen MR) is 41.1 cm³/mol. The fraction of sp³-hybridized carbons (Fsp3) is 0.500. The van der Waals surface area contributed by atoms with Crippen molar-refractivity contribution in [1.82, 2.24) is 0 Å². The molecule has 0 radical (unpaired) electrons. The molecule has 3 unspecified atom stereocenters. The maximum absolute atomic E-state index is 10.8. The summed E-state index contributed by atoms with van der Waals surface area (Å²) in [4.78, 5) is 10.8. The number of cyclic esters (lactones) is 1. The van der Waals surface area contributed by atoms with Gasteiger partial charge in [-0.25, -0.2) is 4.79 Å². The summed E-state index contributed by atoms with van der Waals surface area (Å²) in [5, 5.41) is 18.2. The minimum Gasteiger partial charge on any atom is -0.505 e. The van der Waals surface area contributed by atoms with Crippen LogP contribution in [0.2, 0.25) is 0 Å². The van der Waals surface area contributed by atoms with Gasteiger partial charge in [0.2, 0.25) is 5.76 Å². The molecular formula is C6H6O7S. The quantitative estimate of drug-likeness (QED) is 0.562. The van der Waals surface area contributed by atoms with Gasteiger partial charge in [0, 0.05) is 0 Å². The fourth-order valence-corrected chi connectivity index (χ4v) is 1.79. The van der Waals surface area contributed by atoms with E-state index >= 15 is 0 Å². The molecule has 2 aliphatic rings. The van der Waals surface area contributed by atoms with Gasteiger partial charge in [0.25, 0.3) is 0 Å². The largest absolute Gasteiger partial charge is 0.505 e. The number of hydrogen-bond acceptors (Lipinski definition) is 7. The normalized spacial score (nSPS) is 37.7. The molecule has 0 amide bonds. The van der Waals surface area contributed by atoms with E-state index in [-0.39, 0.29) is 6.61 Å². The summed E-state index contributed by atoms with van der Waals surface area (Å²) >= 11 is -1.89. The molecule has 8 heteroatoms. The number of hydrogen-bond donors (Lipinski definition) is 2. The minimum atomic E-state index is -1.89. The second-order valence-corrected chi connectivity index (χ2v) is 3.52. The molecule has 1 saturated heterocycles. The minimum absolute atomic E-state index is 0.0815. The van der Waals surface area contributed by atoms with Crippen molar-refractivity contribution in [3.8, 4) is 0 Å². The summed E-state index contributed by atoms with van der Waals surface area (Å²) < 4.78 is 24.4. The Balaban J connectivity index is 2.14. The van der Waals surface area contributed by atoms with Crippen molar-refractivity contribution in [2.75, 3.05) is 6.61 Å². The van der Waals surface area contributed by atoms with Gasteiger partial charge in [-0.15, -0.1) is 0 Å². The van der Waals surface area contributed by atoms with Crippen molar-refractivity contribution in [2.45, 2.75) is 12.2 Å². The van der Waals surface area contributed by atoms with Gasteiger partial charge >= 0.3 is 17.3 Å². The van der Waals surface area contributed by atoms with Gasteiger partial charge in [0.15, 0.2) is 11.9 Å². The first-order valence-corrected chi connectivity index (χ1v) is 4.65. The van der Waals surface area contributed by atoms with E-state index in [4.69, 9.17) is 5.11 Å². The molecule has 0 aliphatic carbocycles. The molecule has 0 spiro atoms. The molecule has 7 nitrogen and oxygen atoms in total. The van der Waals surface area contributed by atoms with Crippen molar-refractivity contribution >= 4 is 17.3 Å². The number of aliphatic hydroxyl groups is 2. The SMILES string of the molecule is O=C1OC(C2COS(=O)O2)C(O)=C1O. The summed E-state index contributed by atoms with van der Waals surface area (Å²) in [6, 6.07) is 0. The monoisotopic (exact) mass is 222 g/mol. The lowest BCUT2D eigenvalue weighted by Crippen LogP contribution is -2.30. The average molecular weight is 222 g/mol. The maximum Gasteiger partial charge on any atom is 0.377 e. The molecule has 0 bridgehead atoms. The Morgan fingerprint density at radius 3 is 2.57 bits per heavy atom. The summed E-state index contributed by atoms with van der Waals surface area (Å²) in [6.45, 7) is -0.0815. The lowest BCUT2D eigenvalue weighted by atomic mass is 10.2. The van der Waals surface area contributed by atoms with E-state index in [9.17, 15) is 14.1 Å². The van der Waals surface area contributed by atoms with Crippen LogP contribution < -0.4 is 0 Å². The number of esters is 1. The lowest BCUT2D eigenvalue weighted by molar-refractivity contribution is -0.145. The number of carbonyl (C=O) groups is 1. The Morgan fingerprint density at radius 2 is 2.14 bits per heavy atom. The van der Waals surface area contributed by atoms with Crippen LogP contribution in [0.3, 0.4) is 0 Å². The Kier molecular flexibility index (Phi) is 2.17. The zero-order chi connectivity index (χ0) is 10.3. The van der Waals surface area contributed by atoms with Crippen LogP contribution in [0.1, 0.15) is 0 Å². The molecule has 0 aromatic rings. The second kappa shape index (κ2) is 3.23. The zero-order valence-corrected chi connectivity index (χ0v) is 7.52. The molecule has 1 fully saturated rings. The van der Waals surface area contributed by atoms with E-state index in [1.807, 2.05) is 0 Å². The zero-order valence-electron chi connectivity index (χ0n) is 6.71. The van der Waals surface area contributed by atoms with E-state index in [2.05, 4.69) is 13.1 Å². The van der Waals surface area contributed by atoms with E-state index in [1.54, 1.807) is 0 Å². The third kappa shape index (κ3) is 1.37. The molecular weight excluding hydrogens is 216 g/mol. The Hall–Kier alpha value is -1.12. The van der Waals surface area contributed by atoms with Gasteiger partial charge in [-0.2, -0.15) is 4.21 Å². The first-order chi connectivity index (χ1) is 6.59. The maximum atomic E-state index is 10.8. The van der Waals surface area contributed by atoms with Crippen molar-refractivity contribution in [3.63, 3.8) is 0 Å². The summed E-state index contributed by atoms with van der Waals surface area (Å²) in [5.74, 6) is -2.51. The van der Waals surface area contributed by atoms with Gasteiger partial charge in [0.05, 0.1) is 6.61 Å². The molecule has 0 aromatic heterocycles. The van der Waals surface area contributed by atoms with Gasteiger partial charge in [-0.1, -0.05) is 0 Å². The fourth-order valence-electron chi connectivity index (χ4n) is 1.14. The number of ether oxygens (including phenoxy) is 1. The third-order valence-electron chi connectivity index (χ3n) is 1.81. The number of rotatable bonds is 1. The molecule has 14 heavy (non-hydrogen) atoms. The highest BCUT2D eigenvalue weighted by molar-refractivity contribution is 7.75. The van der Waals surface area contributed by atoms with Gasteiger partial charge < -0.3 is 14.9 Å². The van der Waals surface area contributed by atoms with Crippen molar-refractivity contribution < 1.29 is 32.3 Å². The van der Waals surface area contributed by atoms with Crippen LogP contribution in [0.5, 0.6) is 0 Å². The first kappa shape index (κ1) is 9.44. The highest BCUT2D eigenvalue weighted by Gasteiger charge is 2.44. The molecule has 2 rings (SSSR count). The van der Waals surface area contributed by atoms with Crippen LogP contribution in [0.15, 0.2) is 11.5 Å². The molecule has 2 N–H and O–H groups in total.